The number of halogens is 2. The average Bonchev–Trinajstić information content (AvgIpc) is 2.36. The van der Waals surface area contributed by atoms with Gasteiger partial charge in [-0.25, -0.2) is 8.42 Å². The maximum Gasteiger partial charge on any atom is 0.241 e. The molecule has 0 aromatic heterocycles. The van der Waals surface area contributed by atoms with Crippen molar-refractivity contribution in [3.63, 3.8) is 0 Å². The fourth-order valence-electron chi connectivity index (χ4n) is 1.82. The first-order valence-electron chi connectivity index (χ1n) is 7.13. The Hall–Kier alpha value is -0.820. The quantitative estimate of drug-likeness (QED) is 0.823. The summed E-state index contributed by atoms with van der Waals surface area (Å²) in [6, 6.07) is 3.10. The molecule has 0 aliphatic heterocycles. The van der Waals surface area contributed by atoms with Crippen molar-refractivity contribution in [1.82, 2.24) is 10.0 Å². The third kappa shape index (κ3) is 5.95. The van der Waals surface area contributed by atoms with E-state index < -0.39 is 21.6 Å². The van der Waals surface area contributed by atoms with Crippen molar-refractivity contribution >= 4 is 39.1 Å². The number of carbonyl (C=O) groups excluding carboxylic acids is 1. The molecule has 1 atom stereocenters. The molecule has 1 amide bonds. The average molecular weight is 381 g/mol. The van der Waals surface area contributed by atoms with Crippen LogP contribution in [0.5, 0.6) is 0 Å². The molecule has 1 aromatic rings. The summed E-state index contributed by atoms with van der Waals surface area (Å²) in [4.78, 5) is 12.3. The molecule has 0 radical (unpaired) electrons. The zero-order valence-corrected chi connectivity index (χ0v) is 16.1. The van der Waals surface area contributed by atoms with Crippen LogP contribution in [0.4, 0.5) is 0 Å². The fourth-order valence-corrected chi connectivity index (χ4v) is 3.55. The van der Waals surface area contributed by atoms with Crippen LogP contribution in [0.15, 0.2) is 23.1 Å². The number of carbonyl (C=O) groups is 1. The van der Waals surface area contributed by atoms with Crippen molar-refractivity contribution in [2.45, 2.75) is 51.1 Å². The van der Waals surface area contributed by atoms with E-state index in [1.807, 2.05) is 20.8 Å². The van der Waals surface area contributed by atoms with Gasteiger partial charge in [-0.2, -0.15) is 4.72 Å². The zero-order chi connectivity index (χ0) is 18.0. The Bertz CT molecular complexity index is 682. The Balaban J connectivity index is 3.07. The Labute approximate surface area is 147 Å². The molecule has 8 heteroatoms. The van der Waals surface area contributed by atoms with Gasteiger partial charge >= 0.3 is 0 Å². The second-order valence-corrected chi connectivity index (χ2v) is 9.19. The van der Waals surface area contributed by atoms with Crippen molar-refractivity contribution in [3.8, 4) is 0 Å². The van der Waals surface area contributed by atoms with Crippen LogP contribution in [0, 0.1) is 5.92 Å². The number of rotatable bonds is 5. The standard InChI is InChI=1S/C15H22Cl2N2O3S/c1-9(2)13(14(20)18-15(3,4)5)19-23(21,22)10-6-7-11(16)12(17)8-10/h6-9,13,19H,1-5H3,(H,18,20)/t13-/m0/s1. The number of sulfonamides is 1. The lowest BCUT2D eigenvalue weighted by molar-refractivity contribution is -0.125. The molecule has 0 spiro atoms. The van der Waals surface area contributed by atoms with Crippen LogP contribution in [0.3, 0.4) is 0 Å². The highest BCUT2D eigenvalue weighted by Gasteiger charge is 2.30. The second kappa shape index (κ2) is 7.38. The molecule has 0 fully saturated rings. The summed E-state index contributed by atoms with van der Waals surface area (Å²) < 4.78 is 27.4. The van der Waals surface area contributed by atoms with Crippen molar-refractivity contribution in [1.29, 1.82) is 0 Å². The summed E-state index contributed by atoms with van der Waals surface area (Å²) >= 11 is 11.7. The summed E-state index contributed by atoms with van der Waals surface area (Å²) in [5.41, 5.74) is -0.459. The maximum absolute atomic E-state index is 12.5. The number of hydrogen-bond donors (Lipinski definition) is 2. The number of nitrogens with one attached hydrogen (secondary N) is 2. The summed E-state index contributed by atoms with van der Waals surface area (Å²) in [6.07, 6.45) is 0. The number of hydrogen-bond acceptors (Lipinski definition) is 3. The monoisotopic (exact) mass is 380 g/mol. The Morgan fingerprint density at radius 3 is 2.13 bits per heavy atom. The first-order chi connectivity index (χ1) is 10.3. The summed E-state index contributed by atoms with van der Waals surface area (Å²) in [7, 11) is -3.90. The van der Waals surface area contributed by atoms with Gasteiger partial charge in [0.25, 0.3) is 0 Å². The molecule has 23 heavy (non-hydrogen) atoms. The molecule has 0 saturated heterocycles. The molecule has 0 unspecified atom stereocenters. The van der Waals surface area contributed by atoms with Crippen molar-refractivity contribution < 1.29 is 13.2 Å². The predicted molar refractivity (Wildman–Crippen MR) is 93.3 cm³/mol. The molecule has 0 bridgehead atoms. The highest BCUT2D eigenvalue weighted by atomic mass is 35.5. The summed E-state index contributed by atoms with van der Waals surface area (Å²) in [5, 5.41) is 3.18. The van der Waals surface area contributed by atoms with E-state index in [1.54, 1.807) is 13.8 Å². The highest BCUT2D eigenvalue weighted by molar-refractivity contribution is 7.89. The minimum atomic E-state index is -3.90. The summed E-state index contributed by atoms with van der Waals surface area (Å²) in [5.74, 6) is -0.606. The second-order valence-electron chi connectivity index (χ2n) is 6.66. The van der Waals surface area contributed by atoms with Gasteiger partial charge in [0.15, 0.2) is 0 Å². The van der Waals surface area contributed by atoms with Gasteiger partial charge < -0.3 is 5.32 Å². The smallest absolute Gasteiger partial charge is 0.241 e. The molecule has 1 aromatic carbocycles. The van der Waals surface area contributed by atoms with Crippen LogP contribution in [0.2, 0.25) is 10.0 Å². The van der Waals surface area contributed by atoms with E-state index in [0.29, 0.717) is 0 Å². The Kier molecular flexibility index (Phi) is 6.49. The molecule has 2 N–H and O–H groups in total. The third-order valence-electron chi connectivity index (χ3n) is 2.93. The lowest BCUT2D eigenvalue weighted by Gasteiger charge is -2.27. The maximum atomic E-state index is 12.5. The molecule has 0 aliphatic carbocycles. The topological polar surface area (TPSA) is 75.3 Å². The van der Waals surface area contributed by atoms with Gasteiger partial charge in [-0.05, 0) is 44.9 Å². The van der Waals surface area contributed by atoms with Crippen LogP contribution >= 0.6 is 23.2 Å². The minimum absolute atomic E-state index is 0.0406. The van der Waals surface area contributed by atoms with Gasteiger partial charge in [-0.15, -0.1) is 0 Å². The van der Waals surface area contributed by atoms with Crippen LogP contribution in [-0.2, 0) is 14.8 Å². The lowest BCUT2D eigenvalue weighted by atomic mass is 10.0. The number of benzene rings is 1. The van der Waals surface area contributed by atoms with Crippen molar-refractivity contribution in [2.75, 3.05) is 0 Å². The van der Waals surface area contributed by atoms with Crippen LogP contribution in [0.25, 0.3) is 0 Å². The molecular formula is C15H22Cl2N2O3S. The van der Waals surface area contributed by atoms with Gasteiger partial charge in [0.05, 0.1) is 14.9 Å². The van der Waals surface area contributed by atoms with Crippen LogP contribution < -0.4 is 10.0 Å². The van der Waals surface area contributed by atoms with Crippen molar-refractivity contribution in [2.24, 2.45) is 5.92 Å². The van der Waals surface area contributed by atoms with Gasteiger partial charge in [0.2, 0.25) is 15.9 Å². The third-order valence-corrected chi connectivity index (χ3v) is 5.11. The molecule has 0 heterocycles. The van der Waals surface area contributed by atoms with E-state index in [0.717, 1.165) is 0 Å². The Morgan fingerprint density at radius 2 is 1.70 bits per heavy atom. The molecule has 1 rings (SSSR count). The largest absolute Gasteiger partial charge is 0.350 e. The fraction of sp³-hybridized carbons (Fsp3) is 0.533. The van der Waals surface area contributed by atoms with Gasteiger partial charge in [0, 0.05) is 5.54 Å². The lowest BCUT2D eigenvalue weighted by Crippen LogP contribution is -2.54. The number of amides is 1. The highest BCUT2D eigenvalue weighted by Crippen LogP contribution is 2.25. The minimum Gasteiger partial charge on any atom is -0.350 e. The SMILES string of the molecule is CC(C)[C@H](NS(=O)(=O)c1ccc(Cl)c(Cl)c1)C(=O)NC(C)(C)C. The van der Waals surface area contributed by atoms with Crippen molar-refractivity contribution in [3.05, 3.63) is 28.2 Å². The van der Waals surface area contributed by atoms with Crippen LogP contribution in [0.1, 0.15) is 34.6 Å². The first kappa shape index (κ1) is 20.2. The molecule has 0 aliphatic rings. The van der Waals surface area contributed by atoms with Gasteiger partial charge in [-0.3, -0.25) is 4.79 Å². The zero-order valence-electron chi connectivity index (χ0n) is 13.8. The van der Waals surface area contributed by atoms with E-state index >= 15 is 0 Å². The first-order valence-corrected chi connectivity index (χ1v) is 9.37. The van der Waals surface area contributed by atoms with Crippen LogP contribution in [-0.4, -0.2) is 25.9 Å². The van der Waals surface area contributed by atoms with E-state index in [-0.39, 0.29) is 26.8 Å². The normalized spacial score (nSPS) is 13.9. The molecule has 130 valence electrons. The van der Waals surface area contributed by atoms with Gasteiger partial charge in [-0.1, -0.05) is 37.0 Å². The predicted octanol–water partition coefficient (Wildman–Crippen LogP) is 3.21. The van der Waals surface area contributed by atoms with Gasteiger partial charge in [0.1, 0.15) is 6.04 Å². The molecule has 5 nitrogen and oxygen atoms in total. The summed E-state index contributed by atoms with van der Waals surface area (Å²) in [6.45, 7) is 9.02. The van der Waals surface area contributed by atoms with E-state index in [1.165, 1.54) is 18.2 Å². The molecule has 0 saturated carbocycles. The van der Waals surface area contributed by atoms with E-state index in [4.69, 9.17) is 23.2 Å². The Morgan fingerprint density at radius 1 is 1.13 bits per heavy atom. The van der Waals surface area contributed by atoms with E-state index in [2.05, 4.69) is 10.0 Å². The molecular weight excluding hydrogens is 359 g/mol. The van der Waals surface area contributed by atoms with E-state index in [9.17, 15) is 13.2 Å².